The van der Waals surface area contributed by atoms with Crippen LogP contribution in [0.15, 0.2) is 35.2 Å². The van der Waals surface area contributed by atoms with Crippen molar-refractivity contribution in [1.82, 2.24) is 0 Å². The summed E-state index contributed by atoms with van der Waals surface area (Å²) >= 11 is 1.75. The number of ether oxygens (including phenoxy) is 2. The third-order valence-electron chi connectivity index (χ3n) is 3.83. The molecule has 0 saturated carbocycles. The molecule has 2 aliphatic heterocycles. The Morgan fingerprint density at radius 3 is 2.89 bits per heavy atom. The highest BCUT2D eigenvalue weighted by molar-refractivity contribution is 7.99. The SMILES string of the molecule is CC1C2COC(O2)C(CSc2ccccc2)C1O. The molecule has 1 aromatic carbocycles. The van der Waals surface area contributed by atoms with Gasteiger partial charge >= 0.3 is 0 Å². The predicted octanol–water partition coefficient (Wildman–Crippen LogP) is 2.15. The first-order valence-corrected chi connectivity index (χ1v) is 7.37. The van der Waals surface area contributed by atoms with Gasteiger partial charge in [0.1, 0.15) is 0 Å². The smallest absolute Gasteiger partial charge is 0.164 e. The summed E-state index contributed by atoms with van der Waals surface area (Å²) < 4.78 is 11.4. The molecule has 98 valence electrons. The van der Waals surface area contributed by atoms with Gasteiger partial charge in [-0.3, -0.25) is 0 Å². The van der Waals surface area contributed by atoms with Gasteiger partial charge in [-0.05, 0) is 12.1 Å². The molecule has 0 spiro atoms. The molecule has 3 rings (SSSR count). The van der Waals surface area contributed by atoms with Crippen LogP contribution < -0.4 is 0 Å². The molecule has 0 radical (unpaired) electrons. The summed E-state index contributed by atoms with van der Waals surface area (Å²) in [5.74, 6) is 1.04. The van der Waals surface area contributed by atoms with E-state index in [1.54, 1.807) is 11.8 Å². The first-order valence-electron chi connectivity index (χ1n) is 6.38. The maximum absolute atomic E-state index is 10.3. The fraction of sp³-hybridized carbons (Fsp3) is 0.571. The van der Waals surface area contributed by atoms with Gasteiger partial charge in [-0.1, -0.05) is 25.1 Å². The van der Waals surface area contributed by atoms with Gasteiger partial charge in [0.2, 0.25) is 0 Å². The zero-order valence-corrected chi connectivity index (χ0v) is 11.2. The van der Waals surface area contributed by atoms with Crippen LogP contribution in [-0.2, 0) is 9.47 Å². The van der Waals surface area contributed by atoms with Gasteiger partial charge in [0.25, 0.3) is 0 Å². The molecule has 0 aliphatic carbocycles. The van der Waals surface area contributed by atoms with Gasteiger partial charge in [-0.15, -0.1) is 11.8 Å². The van der Waals surface area contributed by atoms with Crippen LogP contribution in [0.25, 0.3) is 0 Å². The number of hydrogen-bond acceptors (Lipinski definition) is 4. The molecule has 2 saturated heterocycles. The molecular weight excluding hydrogens is 248 g/mol. The quantitative estimate of drug-likeness (QED) is 0.851. The third kappa shape index (κ3) is 2.30. The molecule has 18 heavy (non-hydrogen) atoms. The number of hydrogen-bond donors (Lipinski definition) is 1. The molecule has 2 aliphatic rings. The fourth-order valence-electron chi connectivity index (χ4n) is 2.60. The summed E-state index contributed by atoms with van der Waals surface area (Å²) in [5, 5.41) is 10.3. The number of fused-ring (bicyclic) bond motifs is 2. The molecule has 3 nitrogen and oxygen atoms in total. The normalized spacial score (nSPS) is 38.9. The summed E-state index contributed by atoms with van der Waals surface area (Å²) in [6.07, 6.45) is -0.479. The summed E-state index contributed by atoms with van der Waals surface area (Å²) in [4.78, 5) is 1.22. The largest absolute Gasteiger partial charge is 0.392 e. The van der Waals surface area contributed by atoms with Crippen LogP contribution in [0.4, 0.5) is 0 Å². The number of benzene rings is 1. The van der Waals surface area contributed by atoms with Gasteiger partial charge in [0.05, 0.1) is 18.8 Å². The van der Waals surface area contributed by atoms with Gasteiger partial charge in [0.15, 0.2) is 6.29 Å². The van der Waals surface area contributed by atoms with Gasteiger partial charge in [-0.25, -0.2) is 0 Å². The number of aliphatic hydroxyl groups is 1. The van der Waals surface area contributed by atoms with Crippen LogP contribution in [0.5, 0.6) is 0 Å². The minimum Gasteiger partial charge on any atom is -0.392 e. The Bertz CT molecular complexity index is 397. The second-order valence-corrected chi connectivity index (χ2v) is 6.11. The minimum absolute atomic E-state index is 0.0592. The molecule has 0 amide bonds. The summed E-state index contributed by atoms with van der Waals surface area (Å²) in [6, 6.07) is 10.2. The van der Waals surface area contributed by atoms with E-state index in [1.807, 2.05) is 25.1 Å². The minimum atomic E-state index is -0.326. The molecule has 4 heteroatoms. The Labute approximate surface area is 111 Å². The van der Waals surface area contributed by atoms with E-state index in [2.05, 4.69) is 12.1 Å². The van der Waals surface area contributed by atoms with Crippen molar-refractivity contribution in [2.24, 2.45) is 11.8 Å². The molecule has 2 fully saturated rings. The molecule has 2 heterocycles. The Morgan fingerprint density at radius 1 is 1.33 bits per heavy atom. The molecule has 0 aromatic heterocycles. The van der Waals surface area contributed by atoms with Crippen LogP contribution in [0.2, 0.25) is 0 Å². The van der Waals surface area contributed by atoms with Gasteiger partial charge in [0, 0.05) is 22.5 Å². The molecule has 1 N–H and O–H groups in total. The fourth-order valence-corrected chi connectivity index (χ4v) is 3.69. The predicted molar refractivity (Wildman–Crippen MR) is 70.4 cm³/mol. The topological polar surface area (TPSA) is 38.7 Å². The lowest BCUT2D eigenvalue weighted by Crippen LogP contribution is -2.46. The Kier molecular flexibility index (Phi) is 3.61. The highest BCUT2D eigenvalue weighted by Gasteiger charge is 2.47. The highest BCUT2D eigenvalue weighted by atomic mass is 32.2. The number of thioether (sulfide) groups is 1. The van der Waals surface area contributed by atoms with Crippen molar-refractivity contribution >= 4 is 11.8 Å². The van der Waals surface area contributed by atoms with Crippen LogP contribution in [0.1, 0.15) is 6.92 Å². The molecular formula is C14H18O3S. The van der Waals surface area contributed by atoms with E-state index >= 15 is 0 Å². The lowest BCUT2D eigenvalue weighted by atomic mass is 9.87. The summed E-state index contributed by atoms with van der Waals surface area (Å²) in [7, 11) is 0. The zero-order chi connectivity index (χ0) is 12.5. The van der Waals surface area contributed by atoms with E-state index < -0.39 is 0 Å². The van der Waals surface area contributed by atoms with Crippen LogP contribution in [0.3, 0.4) is 0 Å². The first kappa shape index (κ1) is 12.5. The van der Waals surface area contributed by atoms with E-state index in [-0.39, 0.29) is 30.3 Å². The second kappa shape index (κ2) is 5.21. The van der Waals surface area contributed by atoms with E-state index in [1.165, 1.54) is 4.90 Å². The van der Waals surface area contributed by atoms with Crippen LogP contribution >= 0.6 is 11.8 Å². The maximum Gasteiger partial charge on any atom is 0.164 e. The molecule has 1 aromatic rings. The van der Waals surface area contributed by atoms with Crippen LogP contribution in [0, 0.1) is 11.8 Å². The molecule has 5 atom stereocenters. The van der Waals surface area contributed by atoms with E-state index in [0.717, 1.165) is 5.75 Å². The van der Waals surface area contributed by atoms with Crippen molar-refractivity contribution < 1.29 is 14.6 Å². The van der Waals surface area contributed by atoms with E-state index in [9.17, 15) is 5.11 Å². The van der Waals surface area contributed by atoms with Crippen LogP contribution in [-0.4, -0.2) is 36.0 Å². The lowest BCUT2D eigenvalue weighted by Gasteiger charge is -2.36. The number of aliphatic hydroxyl groups excluding tert-OH is 1. The van der Waals surface area contributed by atoms with E-state index in [4.69, 9.17) is 9.47 Å². The Hall–Kier alpha value is -0.550. The highest BCUT2D eigenvalue weighted by Crippen LogP contribution is 2.38. The third-order valence-corrected chi connectivity index (χ3v) is 4.99. The second-order valence-electron chi connectivity index (χ2n) is 5.01. The van der Waals surface area contributed by atoms with Crippen molar-refractivity contribution in [2.75, 3.05) is 12.4 Å². The Balaban J connectivity index is 1.65. The summed E-state index contributed by atoms with van der Waals surface area (Å²) in [5.41, 5.74) is 0. The van der Waals surface area contributed by atoms with Crippen molar-refractivity contribution in [2.45, 2.75) is 30.3 Å². The van der Waals surface area contributed by atoms with Gasteiger partial charge < -0.3 is 14.6 Å². The average Bonchev–Trinajstić information content (AvgIpc) is 2.84. The molecule has 2 bridgehead atoms. The average molecular weight is 266 g/mol. The molecule has 5 unspecified atom stereocenters. The first-order chi connectivity index (χ1) is 8.75. The van der Waals surface area contributed by atoms with Crippen molar-refractivity contribution in [3.8, 4) is 0 Å². The Morgan fingerprint density at radius 2 is 2.11 bits per heavy atom. The monoisotopic (exact) mass is 266 g/mol. The van der Waals surface area contributed by atoms with Gasteiger partial charge in [-0.2, -0.15) is 0 Å². The number of rotatable bonds is 3. The van der Waals surface area contributed by atoms with Crippen molar-refractivity contribution in [3.05, 3.63) is 30.3 Å². The summed E-state index contributed by atoms with van der Waals surface area (Å²) in [6.45, 7) is 2.66. The zero-order valence-electron chi connectivity index (χ0n) is 10.4. The maximum atomic E-state index is 10.3. The van der Waals surface area contributed by atoms with Crippen molar-refractivity contribution in [3.63, 3.8) is 0 Å². The van der Waals surface area contributed by atoms with E-state index in [0.29, 0.717) is 6.61 Å². The van der Waals surface area contributed by atoms with Crippen molar-refractivity contribution in [1.29, 1.82) is 0 Å². The lowest BCUT2D eigenvalue weighted by molar-refractivity contribution is -0.173. The standard InChI is InChI=1S/C14H18O3S/c1-9-12-7-16-14(17-12)11(13(9)15)8-18-10-5-3-2-4-6-10/h2-6,9,11-15H,7-8H2,1H3.